The molecule has 4 aromatic rings. The van der Waals surface area contributed by atoms with E-state index in [0.717, 1.165) is 28.7 Å². The summed E-state index contributed by atoms with van der Waals surface area (Å²) < 4.78 is 0. The van der Waals surface area contributed by atoms with Gasteiger partial charge in [0.05, 0.1) is 6.04 Å². The number of carbonyl (C=O) groups is 3. The lowest BCUT2D eigenvalue weighted by atomic mass is 10.0. The van der Waals surface area contributed by atoms with E-state index in [1.165, 1.54) is 6.08 Å². The average Bonchev–Trinajstić information content (AvgIpc) is 3.68. The van der Waals surface area contributed by atoms with Crippen LogP contribution in [0, 0.1) is 17.8 Å². The van der Waals surface area contributed by atoms with Crippen molar-refractivity contribution in [3.8, 4) is 11.8 Å². The second kappa shape index (κ2) is 13.2. The highest BCUT2D eigenvalue weighted by molar-refractivity contribution is 5.96. The van der Waals surface area contributed by atoms with Crippen LogP contribution in [-0.2, 0) is 11.3 Å². The monoisotopic (exact) mass is 580 g/mol. The van der Waals surface area contributed by atoms with Crippen LogP contribution in [0.1, 0.15) is 49.4 Å². The fourth-order valence-corrected chi connectivity index (χ4v) is 5.75. The van der Waals surface area contributed by atoms with E-state index in [9.17, 15) is 14.4 Å². The highest BCUT2D eigenvalue weighted by Gasteiger charge is 2.44. The minimum Gasteiger partial charge on any atom is -0.348 e. The molecule has 2 atom stereocenters. The molecule has 1 N–H and O–H groups in total. The fourth-order valence-electron chi connectivity index (χ4n) is 5.75. The van der Waals surface area contributed by atoms with Crippen molar-refractivity contribution in [2.45, 2.75) is 19.0 Å². The number of likely N-dealkylation sites (tertiary alicyclic amines) is 2. The molecule has 2 saturated heterocycles. The van der Waals surface area contributed by atoms with Crippen molar-refractivity contribution < 1.29 is 14.4 Å². The Balaban J connectivity index is 1.02. The second-order valence-electron chi connectivity index (χ2n) is 11.1. The van der Waals surface area contributed by atoms with Gasteiger partial charge in [-0.2, -0.15) is 0 Å². The number of nitrogens with zero attached hydrogens (tertiary/aromatic N) is 3. The van der Waals surface area contributed by atoms with Crippen LogP contribution in [0.2, 0.25) is 0 Å². The first-order valence-corrected chi connectivity index (χ1v) is 14.8. The van der Waals surface area contributed by atoms with Crippen LogP contribution in [0.15, 0.2) is 109 Å². The Labute approximate surface area is 257 Å². The van der Waals surface area contributed by atoms with Gasteiger partial charge >= 0.3 is 0 Å². The van der Waals surface area contributed by atoms with Crippen molar-refractivity contribution in [3.05, 3.63) is 143 Å². The summed E-state index contributed by atoms with van der Waals surface area (Å²) in [6.45, 7) is 2.22. The van der Waals surface area contributed by atoms with Gasteiger partial charge in [-0.3, -0.25) is 19.4 Å². The van der Waals surface area contributed by atoms with Gasteiger partial charge < -0.3 is 15.1 Å². The minimum atomic E-state index is -0.204. The molecule has 3 amide bonds. The SMILES string of the molecule is O=C(/C=C/c1cccnc1)NCc1ccc(C(=O)N2C[C@@H]3CCN(C(=O)c4ccc(C#Cc5ccccc5)cc4)[C@@H]3C2)cc1. The first-order chi connectivity index (χ1) is 21.5. The Bertz CT molecular complexity index is 1720. The molecule has 0 aliphatic carbocycles. The number of rotatable bonds is 6. The number of hydrogen-bond donors (Lipinski definition) is 1. The van der Waals surface area contributed by atoms with Crippen molar-refractivity contribution in [2.75, 3.05) is 19.6 Å². The highest BCUT2D eigenvalue weighted by Crippen LogP contribution is 2.33. The van der Waals surface area contributed by atoms with Crippen LogP contribution in [0.4, 0.5) is 0 Å². The normalized spacial score (nSPS) is 17.2. The number of benzene rings is 3. The molecule has 44 heavy (non-hydrogen) atoms. The predicted octanol–water partition coefficient (Wildman–Crippen LogP) is 4.80. The number of fused-ring (bicyclic) bond motifs is 1. The lowest BCUT2D eigenvalue weighted by Gasteiger charge is -2.25. The van der Waals surface area contributed by atoms with Crippen LogP contribution in [0.3, 0.4) is 0 Å². The smallest absolute Gasteiger partial charge is 0.254 e. The van der Waals surface area contributed by atoms with Gasteiger partial charge in [0.1, 0.15) is 0 Å². The summed E-state index contributed by atoms with van der Waals surface area (Å²) in [5.74, 6) is 6.32. The molecular formula is C37H32N4O3. The Morgan fingerprint density at radius 3 is 2.25 bits per heavy atom. The standard InChI is InChI=1S/C37H32N4O3/c42-35(19-14-29-7-4-21-38-23-29)39-24-30-12-17-31(18-13-30)36(43)40-25-33-20-22-41(34(33)26-40)37(44)32-15-10-28(11-16-32)9-8-27-5-2-1-3-6-27/h1-7,10-19,21,23,33-34H,20,22,24-26H2,(H,39,42)/b19-14+/t33-,34+/m0/s1. The van der Waals surface area contributed by atoms with Crippen molar-refractivity contribution in [1.29, 1.82) is 0 Å². The summed E-state index contributed by atoms with van der Waals surface area (Å²) in [4.78, 5) is 46.8. The summed E-state index contributed by atoms with van der Waals surface area (Å²) in [5, 5.41) is 2.86. The van der Waals surface area contributed by atoms with Crippen LogP contribution in [0.25, 0.3) is 6.08 Å². The van der Waals surface area contributed by atoms with Gasteiger partial charge in [0.25, 0.3) is 11.8 Å². The second-order valence-corrected chi connectivity index (χ2v) is 11.1. The molecule has 0 spiro atoms. The zero-order valence-electron chi connectivity index (χ0n) is 24.2. The van der Waals surface area contributed by atoms with Gasteiger partial charge in [-0.25, -0.2) is 0 Å². The molecule has 2 aliphatic rings. The molecule has 3 aromatic carbocycles. The third-order valence-electron chi connectivity index (χ3n) is 8.13. The van der Waals surface area contributed by atoms with Crippen molar-refractivity contribution in [2.24, 2.45) is 5.92 Å². The molecule has 1 aromatic heterocycles. The minimum absolute atomic E-state index is 0.00366. The van der Waals surface area contributed by atoms with Gasteiger partial charge in [-0.1, -0.05) is 48.2 Å². The Morgan fingerprint density at radius 1 is 0.818 bits per heavy atom. The topological polar surface area (TPSA) is 82.6 Å². The van der Waals surface area contributed by atoms with E-state index in [4.69, 9.17) is 0 Å². The molecule has 7 heteroatoms. The number of carbonyl (C=O) groups excluding carboxylic acids is 3. The van der Waals surface area contributed by atoms with E-state index in [0.29, 0.717) is 37.3 Å². The van der Waals surface area contributed by atoms with E-state index in [1.807, 2.05) is 88.7 Å². The van der Waals surface area contributed by atoms with Gasteiger partial charge in [0.15, 0.2) is 0 Å². The molecule has 0 unspecified atom stereocenters. The summed E-state index contributed by atoms with van der Waals surface area (Å²) in [6, 6.07) is 28.3. The predicted molar refractivity (Wildman–Crippen MR) is 169 cm³/mol. The summed E-state index contributed by atoms with van der Waals surface area (Å²) in [6.07, 6.45) is 7.44. The van der Waals surface area contributed by atoms with Crippen LogP contribution < -0.4 is 5.32 Å². The van der Waals surface area contributed by atoms with E-state index in [1.54, 1.807) is 30.6 Å². The van der Waals surface area contributed by atoms with Gasteiger partial charge in [-0.05, 0) is 78.2 Å². The highest BCUT2D eigenvalue weighted by atomic mass is 16.2. The fraction of sp³-hybridized carbons (Fsp3) is 0.189. The van der Waals surface area contributed by atoms with Crippen molar-refractivity contribution in [3.63, 3.8) is 0 Å². The van der Waals surface area contributed by atoms with E-state index < -0.39 is 0 Å². The van der Waals surface area contributed by atoms with Crippen LogP contribution in [-0.4, -0.2) is 58.2 Å². The summed E-state index contributed by atoms with van der Waals surface area (Å²) in [5.41, 5.74) is 4.78. The number of nitrogens with one attached hydrogen (secondary N) is 1. The first kappa shape index (κ1) is 28.6. The van der Waals surface area contributed by atoms with Gasteiger partial charge in [0, 0.05) is 72.8 Å². The molecule has 0 radical (unpaired) electrons. The maximum Gasteiger partial charge on any atom is 0.254 e. The molecule has 0 bridgehead atoms. The number of aromatic nitrogens is 1. The lowest BCUT2D eigenvalue weighted by Crippen LogP contribution is -2.40. The molecule has 7 nitrogen and oxygen atoms in total. The molecule has 218 valence electrons. The molecule has 2 fully saturated rings. The van der Waals surface area contributed by atoms with E-state index in [-0.39, 0.29) is 29.7 Å². The van der Waals surface area contributed by atoms with Crippen molar-refractivity contribution in [1.82, 2.24) is 20.1 Å². The maximum atomic E-state index is 13.4. The van der Waals surface area contributed by atoms with E-state index >= 15 is 0 Å². The Morgan fingerprint density at radius 2 is 1.52 bits per heavy atom. The zero-order chi connectivity index (χ0) is 30.3. The first-order valence-electron chi connectivity index (χ1n) is 14.8. The lowest BCUT2D eigenvalue weighted by molar-refractivity contribution is -0.116. The van der Waals surface area contributed by atoms with Crippen LogP contribution in [0.5, 0.6) is 0 Å². The maximum absolute atomic E-state index is 13.4. The zero-order valence-corrected chi connectivity index (χ0v) is 24.2. The third-order valence-corrected chi connectivity index (χ3v) is 8.13. The Kier molecular flexibility index (Phi) is 8.60. The molecule has 0 saturated carbocycles. The largest absolute Gasteiger partial charge is 0.348 e. The summed E-state index contributed by atoms with van der Waals surface area (Å²) in [7, 11) is 0. The van der Waals surface area contributed by atoms with E-state index in [2.05, 4.69) is 22.1 Å². The van der Waals surface area contributed by atoms with Gasteiger partial charge in [-0.15, -0.1) is 0 Å². The van der Waals surface area contributed by atoms with Crippen LogP contribution >= 0.6 is 0 Å². The number of pyridine rings is 1. The number of hydrogen-bond acceptors (Lipinski definition) is 4. The van der Waals surface area contributed by atoms with Gasteiger partial charge in [0.2, 0.25) is 5.91 Å². The molecule has 3 heterocycles. The third kappa shape index (κ3) is 6.77. The summed E-state index contributed by atoms with van der Waals surface area (Å²) >= 11 is 0. The number of amides is 3. The average molecular weight is 581 g/mol. The molecule has 6 rings (SSSR count). The quantitative estimate of drug-likeness (QED) is 0.263. The molecule has 2 aliphatic heterocycles. The Hall–Kier alpha value is -5.48. The van der Waals surface area contributed by atoms with Crippen molar-refractivity contribution >= 4 is 23.8 Å². The molecular weight excluding hydrogens is 548 g/mol.